The zero-order valence-corrected chi connectivity index (χ0v) is 12.1. The molecule has 0 saturated carbocycles. The molecule has 5 nitrogen and oxygen atoms in total. The summed E-state index contributed by atoms with van der Waals surface area (Å²) < 4.78 is 5.45. The van der Waals surface area contributed by atoms with Crippen molar-refractivity contribution in [3.63, 3.8) is 0 Å². The third-order valence-corrected chi connectivity index (χ3v) is 4.80. The molecule has 2 aromatic heterocycles. The second kappa shape index (κ2) is 4.84. The summed E-state index contributed by atoms with van der Waals surface area (Å²) in [6.07, 6.45) is 5.47. The molecule has 0 aliphatic carbocycles. The molecule has 1 unspecified atom stereocenters. The minimum absolute atomic E-state index is 0.0705. The number of aryl methyl sites for hydroxylation is 1. The first-order valence-corrected chi connectivity index (χ1v) is 7.64. The maximum absolute atomic E-state index is 12.4. The van der Waals surface area contributed by atoms with Crippen LogP contribution in [0.3, 0.4) is 0 Å². The number of carbonyl (C=O) groups excluding carboxylic acids is 1. The van der Waals surface area contributed by atoms with Gasteiger partial charge in [-0.25, -0.2) is 4.98 Å². The van der Waals surface area contributed by atoms with Gasteiger partial charge in [-0.3, -0.25) is 4.79 Å². The molecule has 110 valence electrons. The molecule has 1 N–H and O–H groups in total. The Bertz CT molecular complexity index is 694. The standard InChI is InChI=1S/C16H19N3O2/c1-2-10-9-21-15-6-17-13(5-12(10)15)16(20)18-14-8-19-4-3-11(14)7-19/h5-6,9,11,14H,2-4,7-8H2,1H3,(H,18,20)/t11-,14-/m0/s1. The van der Waals surface area contributed by atoms with E-state index in [9.17, 15) is 4.79 Å². The molecule has 1 amide bonds. The number of nitrogens with zero attached hydrogens (tertiary/aromatic N) is 2. The Morgan fingerprint density at radius 2 is 2.43 bits per heavy atom. The van der Waals surface area contributed by atoms with Gasteiger partial charge in [0.1, 0.15) is 5.69 Å². The summed E-state index contributed by atoms with van der Waals surface area (Å²) in [5, 5.41) is 4.14. The Kier molecular flexibility index (Phi) is 2.96. The van der Waals surface area contributed by atoms with Crippen LogP contribution in [0.15, 0.2) is 22.9 Å². The van der Waals surface area contributed by atoms with Crippen LogP contribution >= 0.6 is 0 Å². The van der Waals surface area contributed by atoms with Gasteiger partial charge in [0, 0.05) is 24.5 Å². The smallest absolute Gasteiger partial charge is 0.270 e. The van der Waals surface area contributed by atoms with Crippen molar-refractivity contribution in [1.82, 2.24) is 15.2 Å². The number of fused-ring (bicyclic) bond motifs is 3. The molecule has 2 fully saturated rings. The van der Waals surface area contributed by atoms with Crippen LogP contribution in [0.5, 0.6) is 0 Å². The molecule has 2 saturated heterocycles. The molecule has 3 atom stereocenters. The number of furan rings is 1. The Morgan fingerprint density at radius 1 is 1.52 bits per heavy atom. The van der Waals surface area contributed by atoms with Crippen molar-refractivity contribution >= 4 is 16.9 Å². The van der Waals surface area contributed by atoms with Crippen LogP contribution in [0.1, 0.15) is 29.4 Å². The second-order valence-electron chi connectivity index (χ2n) is 6.07. The number of amides is 1. The Balaban J connectivity index is 1.56. The molecule has 0 radical (unpaired) electrons. The number of aromatic nitrogens is 1. The van der Waals surface area contributed by atoms with Gasteiger partial charge in [0.25, 0.3) is 5.91 Å². The van der Waals surface area contributed by atoms with Gasteiger partial charge >= 0.3 is 0 Å². The lowest BCUT2D eigenvalue weighted by atomic mass is 10.00. The lowest BCUT2D eigenvalue weighted by Crippen LogP contribution is -2.43. The number of hydrogen-bond donors (Lipinski definition) is 1. The van der Waals surface area contributed by atoms with E-state index in [0.29, 0.717) is 11.6 Å². The average molecular weight is 285 g/mol. The van der Waals surface area contributed by atoms with Crippen molar-refractivity contribution in [2.75, 3.05) is 19.6 Å². The molecule has 2 aliphatic rings. The fraction of sp³-hybridized carbons (Fsp3) is 0.500. The third kappa shape index (κ3) is 2.12. The van der Waals surface area contributed by atoms with Crippen LogP contribution in [-0.4, -0.2) is 41.5 Å². The number of hydrogen-bond acceptors (Lipinski definition) is 4. The molecule has 4 heterocycles. The Morgan fingerprint density at radius 3 is 3.14 bits per heavy atom. The van der Waals surface area contributed by atoms with Gasteiger partial charge in [-0.2, -0.15) is 0 Å². The van der Waals surface area contributed by atoms with Crippen molar-refractivity contribution in [2.45, 2.75) is 25.8 Å². The molecule has 5 heteroatoms. The zero-order chi connectivity index (χ0) is 14.4. The number of rotatable bonds is 3. The minimum atomic E-state index is -0.0705. The number of nitrogens with one attached hydrogen (secondary N) is 1. The van der Waals surface area contributed by atoms with E-state index in [1.165, 1.54) is 13.0 Å². The summed E-state index contributed by atoms with van der Waals surface area (Å²) in [6.45, 7) is 5.36. The van der Waals surface area contributed by atoms with E-state index in [2.05, 4.69) is 22.1 Å². The fourth-order valence-electron chi connectivity index (χ4n) is 3.57. The predicted molar refractivity (Wildman–Crippen MR) is 79.2 cm³/mol. The van der Waals surface area contributed by atoms with Gasteiger partial charge in [0.2, 0.25) is 0 Å². The highest BCUT2D eigenvalue weighted by molar-refractivity contribution is 5.96. The summed E-state index contributed by atoms with van der Waals surface area (Å²) in [5.74, 6) is 0.539. The maximum atomic E-state index is 12.4. The number of carbonyl (C=O) groups is 1. The molecule has 2 aliphatic heterocycles. The molecule has 2 aromatic rings. The maximum Gasteiger partial charge on any atom is 0.270 e. The van der Waals surface area contributed by atoms with Gasteiger partial charge in [0.05, 0.1) is 12.5 Å². The summed E-state index contributed by atoms with van der Waals surface area (Å²) in [4.78, 5) is 19.1. The van der Waals surface area contributed by atoms with Crippen LogP contribution in [-0.2, 0) is 6.42 Å². The molecular formula is C16H19N3O2. The quantitative estimate of drug-likeness (QED) is 0.934. The van der Waals surface area contributed by atoms with E-state index in [4.69, 9.17) is 4.42 Å². The van der Waals surface area contributed by atoms with E-state index < -0.39 is 0 Å². The van der Waals surface area contributed by atoms with Crippen LogP contribution in [0.25, 0.3) is 11.0 Å². The highest BCUT2D eigenvalue weighted by Crippen LogP contribution is 2.28. The third-order valence-electron chi connectivity index (χ3n) is 4.80. The predicted octanol–water partition coefficient (Wildman–Crippen LogP) is 1.82. The summed E-state index contributed by atoms with van der Waals surface area (Å²) >= 11 is 0. The second-order valence-corrected chi connectivity index (χ2v) is 6.07. The van der Waals surface area contributed by atoms with Crippen LogP contribution < -0.4 is 5.32 Å². The first-order chi connectivity index (χ1) is 10.2. The van der Waals surface area contributed by atoms with Crippen LogP contribution in [0.4, 0.5) is 0 Å². The van der Waals surface area contributed by atoms with Crippen molar-refractivity contribution < 1.29 is 9.21 Å². The van der Waals surface area contributed by atoms with Gasteiger partial charge in [-0.15, -0.1) is 0 Å². The molecule has 21 heavy (non-hydrogen) atoms. The van der Waals surface area contributed by atoms with E-state index in [1.54, 1.807) is 12.5 Å². The first-order valence-electron chi connectivity index (χ1n) is 7.64. The largest absolute Gasteiger partial charge is 0.462 e. The molecular weight excluding hydrogens is 266 g/mol. The lowest BCUT2D eigenvalue weighted by molar-refractivity contribution is 0.0919. The number of pyridine rings is 1. The van der Waals surface area contributed by atoms with Crippen molar-refractivity contribution in [3.8, 4) is 0 Å². The normalized spacial score (nSPS) is 27.4. The highest BCUT2D eigenvalue weighted by atomic mass is 16.3. The van der Waals surface area contributed by atoms with E-state index in [0.717, 1.165) is 36.0 Å². The number of piperidine rings is 1. The topological polar surface area (TPSA) is 58.4 Å². The minimum Gasteiger partial charge on any atom is -0.462 e. The van der Waals surface area contributed by atoms with E-state index in [1.807, 2.05) is 6.07 Å². The van der Waals surface area contributed by atoms with Gasteiger partial charge < -0.3 is 14.6 Å². The van der Waals surface area contributed by atoms with Crippen molar-refractivity contribution in [2.24, 2.45) is 5.92 Å². The van der Waals surface area contributed by atoms with Crippen molar-refractivity contribution in [1.29, 1.82) is 0 Å². The highest BCUT2D eigenvalue weighted by Gasteiger charge is 2.38. The first kappa shape index (κ1) is 12.8. The lowest BCUT2D eigenvalue weighted by Gasteiger charge is -2.22. The molecule has 0 aromatic carbocycles. The Labute approximate surface area is 123 Å². The van der Waals surface area contributed by atoms with Gasteiger partial charge in [0.15, 0.2) is 5.58 Å². The Hall–Kier alpha value is -1.88. The molecule has 0 spiro atoms. The average Bonchev–Trinajstić information content (AvgIpc) is 3.21. The monoisotopic (exact) mass is 285 g/mol. The van der Waals surface area contributed by atoms with E-state index >= 15 is 0 Å². The summed E-state index contributed by atoms with van der Waals surface area (Å²) in [5.41, 5.74) is 2.35. The van der Waals surface area contributed by atoms with Gasteiger partial charge in [-0.05, 0) is 36.9 Å². The molecule has 4 rings (SSSR count). The summed E-state index contributed by atoms with van der Waals surface area (Å²) in [7, 11) is 0. The van der Waals surface area contributed by atoms with E-state index in [-0.39, 0.29) is 11.9 Å². The fourth-order valence-corrected chi connectivity index (χ4v) is 3.57. The van der Waals surface area contributed by atoms with Crippen molar-refractivity contribution in [3.05, 3.63) is 29.8 Å². The summed E-state index contributed by atoms with van der Waals surface area (Å²) in [6, 6.07) is 2.12. The molecule has 2 bridgehead atoms. The van der Waals surface area contributed by atoms with Gasteiger partial charge in [-0.1, -0.05) is 6.92 Å². The SMILES string of the molecule is CCc1coc2cnc(C(=O)N[C@H]3CN4CC[C@H]3C4)cc12. The van der Waals surface area contributed by atoms with Crippen LogP contribution in [0, 0.1) is 5.92 Å². The zero-order valence-electron chi connectivity index (χ0n) is 12.1. The van der Waals surface area contributed by atoms with Crippen LogP contribution in [0.2, 0.25) is 0 Å².